The second-order valence-corrected chi connectivity index (χ2v) is 5.96. The zero-order valence-corrected chi connectivity index (χ0v) is 11.5. The molecule has 3 nitrogen and oxygen atoms in total. The van der Waals surface area contributed by atoms with Crippen LogP contribution in [0.2, 0.25) is 0 Å². The molecule has 84 valence electrons. The fraction of sp³-hybridized carbons (Fsp3) is 0.500. The maximum Gasteiger partial charge on any atom is 0.254 e. The highest BCUT2D eigenvalue weighted by atomic mass is 127. The van der Waals surface area contributed by atoms with Gasteiger partial charge in [0.15, 0.2) is 0 Å². The quantitative estimate of drug-likeness (QED) is 0.836. The third kappa shape index (κ3) is 3.73. The molecule has 0 fully saturated rings. The number of hydrogen-bond acceptors (Lipinski definition) is 3. The summed E-state index contributed by atoms with van der Waals surface area (Å²) in [7, 11) is 0. The number of aliphatic hydroxyl groups is 1. The monoisotopic (exact) mass is 339 g/mol. The molecule has 1 heterocycles. The number of carbonyl (C=O) groups excluding carboxylic acids is 1. The maximum atomic E-state index is 12.0. The van der Waals surface area contributed by atoms with Crippen molar-refractivity contribution < 1.29 is 9.90 Å². The molecule has 15 heavy (non-hydrogen) atoms. The van der Waals surface area contributed by atoms with Crippen molar-refractivity contribution in [2.75, 3.05) is 19.7 Å². The van der Waals surface area contributed by atoms with E-state index in [9.17, 15) is 4.79 Å². The van der Waals surface area contributed by atoms with E-state index in [1.165, 1.54) is 0 Å². The number of carbonyl (C=O) groups is 1. The van der Waals surface area contributed by atoms with Crippen LogP contribution < -0.4 is 0 Å². The number of rotatable bonds is 5. The Hall–Kier alpha value is -0.140. The fourth-order valence-corrected chi connectivity index (χ4v) is 2.63. The molecule has 1 rings (SSSR count). The molecule has 0 aliphatic carbocycles. The molecule has 0 radical (unpaired) electrons. The van der Waals surface area contributed by atoms with E-state index in [-0.39, 0.29) is 12.5 Å². The normalized spacial score (nSPS) is 10.3. The molecule has 0 aromatic carbocycles. The van der Waals surface area contributed by atoms with Gasteiger partial charge in [-0.05, 0) is 35.1 Å². The van der Waals surface area contributed by atoms with E-state index in [0.29, 0.717) is 13.1 Å². The lowest BCUT2D eigenvalue weighted by Crippen LogP contribution is -2.33. The van der Waals surface area contributed by atoms with E-state index in [4.69, 9.17) is 5.11 Å². The average molecular weight is 339 g/mol. The summed E-state index contributed by atoms with van der Waals surface area (Å²) in [4.78, 5) is 13.6. The first kappa shape index (κ1) is 12.9. The van der Waals surface area contributed by atoms with Crippen LogP contribution in [0.1, 0.15) is 23.7 Å². The predicted octanol–water partition coefficient (Wildman–Crippen LogP) is 2.20. The van der Waals surface area contributed by atoms with Crippen LogP contribution in [0.4, 0.5) is 0 Å². The minimum absolute atomic E-state index is 0.0186. The van der Waals surface area contributed by atoms with Crippen molar-refractivity contribution in [2.45, 2.75) is 13.3 Å². The molecular weight excluding hydrogens is 325 g/mol. The first-order chi connectivity index (χ1) is 7.19. The molecular formula is C10H14INO2S. The summed E-state index contributed by atoms with van der Waals surface area (Å²) in [6, 6.07) is 1.88. The minimum atomic E-state index is 0.0186. The van der Waals surface area contributed by atoms with Gasteiger partial charge in [-0.15, -0.1) is 11.3 Å². The molecule has 0 spiro atoms. The second-order valence-electron chi connectivity index (χ2n) is 3.16. The van der Waals surface area contributed by atoms with Gasteiger partial charge in [0.1, 0.15) is 0 Å². The molecule has 1 amide bonds. The lowest BCUT2D eigenvalue weighted by molar-refractivity contribution is 0.0722. The third-order valence-corrected chi connectivity index (χ3v) is 3.75. The lowest BCUT2D eigenvalue weighted by atomic mass is 10.3. The van der Waals surface area contributed by atoms with Gasteiger partial charge in [0.25, 0.3) is 5.91 Å². The van der Waals surface area contributed by atoms with Crippen LogP contribution in [0.3, 0.4) is 0 Å². The Labute approximate surface area is 107 Å². The van der Waals surface area contributed by atoms with Gasteiger partial charge in [0.05, 0.1) is 15.1 Å². The Morgan fingerprint density at radius 3 is 2.80 bits per heavy atom. The van der Waals surface area contributed by atoms with Gasteiger partial charge >= 0.3 is 0 Å². The van der Waals surface area contributed by atoms with Gasteiger partial charge in [-0.3, -0.25) is 4.79 Å². The summed E-state index contributed by atoms with van der Waals surface area (Å²) in [5.41, 5.74) is 0.728. The van der Waals surface area contributed by atoms with Gasteiger partial charge < -0.3 is 10.0 Å². The summed E-state index contributed by atoms with van der Waals surface area (Å²) in [5.74, 6) is 0.0186. The molecule has 5 heteroatoms. The number of halogens is 1. The fourth-order valence-electron chi connectivity index (χ4n) is 1.31. The second kappa shape index (κ2) is 6.44. The number of amides is 1. The zero-order valence-electron chi connectivity index (χ0n) is 8.57. The molecule has 0 atom stereocenters. The van der Waals surface area contributed by atoms with E-state index < -0.39 is 0 Å². The Bertz CT molecular complexity index is 321. The Balaban J connectivity index is 2.71. The Morgan fingerprint density at radius 2 is 2.33 bits per heavy atom. The van der Waals surface area contributed by atoms with Crippen molar-refractivity contribution in [2.24, 2.45) is 0 Å². The number of aliphatic hydroxyl groups excluding tert-OH is 1. The van der Waals surface area contributed by atoms with Crippen molar-refractivity contribution in [3.8, 4) is 0 Å². The molecule has 0 bridgehead atoms. The molecule has 1 aromatic rings. The zero-order chi connectivity index (χ0) is 11.3. The molecule has 0 aliphatic rings. The number of nitrogens with zero attached hydrogens (tertiary/aromatic N) is 1. The van der Waals surface area contributed by atoms with Crippen molar-refractivity contribution in [3.05, 3.63) is 19.9 Å². The van der Waals surface area contributed by atoms with Gasteiger partial charge in [0, 0.05) is 18.5 Å². The topological polar surface area (TPSA) is 40.5 Å². The molecule has 0 aliphatic heterocycles. The Morgan fingerprint density at radius 1 is 1.60 bits per heavy atom. The van der Waals surface area contributed by atoms with Crippen molar-refractivity contribution in [3.63, 3.8) is 0 Å². The van der Waals surface area contributed by atoms with Crippen molar-refractivity contribution in [1.82, 2.24) is 4.90 Å². The van der Waals surface area contributed by atoms with Gasteiger partial charge in [-0.2, -0.15) is 0 Å². The van der Waals surface area contributed by atoms with Crippen LogP contribution in [0, 0.1) is 2.88 Å². The van der Waals surface area contributed by atoms with Crippen LogP contribution in [0.5, 0.6) is 0 Å². The summed E-state index contributed by atoms with van der Waals surface area (Å²) in [6.07, 6.45) is 0.910. The molecule has 1 aromatic heterocycles. The van der Waals surface area contributed by atoms with Crippen LogP contribution in [-0.2, 0) is 0 Å². The number of hydrogen-bond donors (Lipinski definition) is 1. The predicted molar refractivity (Wildman–Crippen MR) is 70.3 cm³/mol. The van der Waals surface area contributed by atoms with E-state index in [2.05, 4.69) is 22.6 Å². The van der Waals surface area contributed by atoms with Crippen molar-refractivity contribution >= 4 is 39.8 Å². The SMILES string of the molecule is CCCN(CCO)C(=O)c1csc(I)c1. The number of thiophene rings is 1. The standard InChI is InChI=1S/C10H14INO2S/c1-2-3-12(4-5-13)10(14)8-6-9(11)15-7-8/h6-7,13H,2-5H2,1H3. The Kier molecular flexibility index (Phi) is 5.55. The van der Waals surface area contributed by atoms with Crippen LogP contribution in [0.25, 0.3) is 0 Å². The highest BCUT2D eigenvalue weighted by molar-refractivity contribution is 14.1. The molecule has 0 saturated heterocycles. The summed E-state index contributed by atoms with van der Waals surface area (Å²) in [6.45, 7) is 3.16. The maximum absolute atomic E-state index is 12.0. The highest BCUT2D eigenvalue weighted by Crippen LogP contribution is 2.18. The summed E-state index contributed by atoms with van der Waals surface area (Å²) >= 11 is 3.76. The molecule has 0 saturated carbocycles. The van der Waals surface area contributed by atoms with Crippen LogP contribution in [-0.4, -0.2) is 35.6 Å². The third-order valence-electron chi connectivity index (χ3n) is 1.97. The highest BCUT2D eigenvalue weighted by Gasteiger charge is 2.15. The van der Waals surface area contributed by atoms with E-state index >= 15 is 0 Å². The van der Waals surface area contributed by atoms with Crippen LogP contribution in [0.15, 0.2) is 11.4 Å². The first-order valence-electron chi connectivity index (χ1n) is 4.83. The van der Waals surface area contributed by atoms with E-state index in [0.717, 1.165) is 14.9 Å². The minimum Gasteiger partial charge on any atom is -0.395 e. The molecule has 1 N–H and O–H groups in total. The first-order valence-corrected chi connectivity index (χ1v) is 6.79. The van der Waals surface area contributed by atoms with Gasteiger partial charge in [-0.25, -0.2) is 0 Å². The van der Waals surface area contributed by atoms with Crippen molar-refractivity contribution in [1.29, 1.82) is 0 Å². The summed E-state index contributed by atoms with van der Waals surface area (Å²) in [5, 5.41) is 10.7. The van der Waals surface area contributed by atoms with E-state index in [1.54, 1.807) is 16.2 Å². The van der Waals surface area contributed by atoms with Gasteiger partial charge in [0.2, 0.25) is 0 Å². The summed E-state index contributed by atoms with van der Waals surface area (Å²) < 4.78 is 1.11. The molecule has 0 unspecified atom stereocenters. The van der Waals surface area contributed by atoms with Gasteiger partial charge in [-0.1, -0.05) is 6.92 Å². The largest absolute Gasteiger partial charge is 0.395 e. The average Bonchev–Trinajstić information content (AvgIpc) is 2.63. The van der Waals surface area contributed by atoms with Crippen LogP contribution >= 0.6 is 33.9 Å². The van der Waals surface area contributed by atoms with E-state index in [1.807, 2.05) is 18.4 Å². The smallest absolute Gasteiger partial charge is 0.254 e. The lowest BCUT2D eigenvalue weighted by Gasteiger charge is -2.20.